The number of hydrogen-bond acceptors (Lipinski definition) is 3. The van der Waals surface area contributed by atoms with Crippen LogP contribution < -0.4 is 5.32 Å². The van der Waals surface area contributed by atoms with Crippen LogP contribution in [-0.2, 0) is 17.9 Å². The average molecular weight is 370 g/mol. The van der Waals surface area contributed by atoms with Crippen LogP contribution in [0.4, 0.5) is 4.79 Å². The van der Waals surface area contributed by atoms with Crippen LogP contribution in [0.5, 0.6) is 0 Å². The van der Waals surface area contributed by atoms with Crippen molar-refractivity contribution in [1.29, 1.82) is 0 Å². The molecule has 6 heteroatoms. The summed E-state index contributed by atoms with van der Waals surface area (Å²) >= 11 is 0. The maximum Gasteiger partial charge on any atom is 0.318 e. The second kappa shape index (κ2) is 7.13. The molecule has 0 radical (unpaired) electrons. The number of fused-ring (bicyclic) bond motifs is 1. The highest BCUT2D eigenvalue weighted by Gasteiger charge is 2.54. The molecule has 1 aromatic heterocycles. The van der Waals surface area contributed by atoms with Crippen LogP contribution in [0.1, 0.15) is 50.7 Å². The maximum absolute atomic E-state index is 12.5. The number of nitrogens with one attached hydrogen (secondary N) is 1. The minimum absolute atomic E-state index is 0.0257. The first kappa shape index (κ1) is 18.3. The molecule has 1 spiro atoms. The molecule has 27 heavy (non-hydrogen) atoms. The Balaban J connectivity index is 1.21. The average Bonchev–Trinajstić information content (AvgIpc) is 3.12. The van der Waals surface area contributed by atoms with Gasteiger partial charge in [0.1, 0.15) is 0 Å². The standard InChI is InChI=1S/C21H30N4O2/c1-15(2)9-19(26)24-7-4-21(5-8-24)10-18(21)12-23-20(27)25-13-16-3-6-22-11-17(16)14-25/h3,6,11,15,18H,4-5,7-10,12-14H2,1-2H3,(H,23,27)/t18-/m1/s1. The van der Waals surface area contributed by atoms with E-state index in [9.17, 15) is 9.59 Å². The highest BCUT2D eigenvalue weighted by molar-refractivity contribution is 5.76. The molecule has 3 heterocycles. The Bertz CT molecular complexity index is 700. The van der Waals surface area contributed by atoms with Gasteiger partial charge in [-0.05, 0) is 53.7 Å². The molecule has 1 atom stereocenters. The summed E-state index contributed by atoms with van der Waals surface area (Å²) in [5.41, 5.74) is 2.70. The Kier molecular flexibility index (Phi) is 4.82. The lowest BCUT2D eigenvalue weighted by Gasteiger charge is -2.33. The summed E-state index contributed by atoms with van der Waals surface area (Å²) in [4.78, 5) is 32.8. The molecule has 3 amide bonds. The van der Waals surface area contributed by atoms with Crippen LogP contribution in [0.2, 0.25) is 0 Å². The molecule has 1 N–H and O–H groups in total. The maximum atomic E-state index is 12.5. The van der Waals surface area contributed by atoms with Crippen LogP contribution in [0.15, 0.2) is 18.5 Å². The third-order valence-corrected chi connectivity index (χ3v) is 6.57. The first-order valence-corrected chi connectivity index (χ1v) is 10.2. The van der Waals surface area contributed by atoms with E-state index in [1.807, 2.05) is 22.1 Å². The largest absolute Gasteiger partial charge is 0.343 e. The Hall–Kier alpha value is -2.11. The summed E-state index contributed by atoms with van der Waals surface area (Å²) in [5.74, 6) is 1.29. The lowest BCUT2D eigenvalue weighted by molar-refractivity contribution is -0.133. The Labute approximate surface area is 161 Å². The third-order valence-electron chi connectivity index (χ3n) is 6.57. The minimum atomic E-state index is 0.0257. The van der Waals surface area contributed by atoms with Gasteiger partial charge in [-0.1, -0.05) is 13.8 Å². The van der Waals surface area contributed by atoms with Gasteiger partial charge in [0.25, 0.3) is 0 Å². The van der Waals surface area contributed by atoms with Gasteiger partial charge in [-0.15, -0.1) is 0 Å². The molecule has 0 aromatic carbocycles. The zero-order chi connectivity index (χ0) is 19.0. The van der Waals surface area contributed by atoms with Crippen LogP contribution in [0.25, 0.3) is 0 Å². The summed E-state index contributed by atoms with van der Waals surface area (Å²) < 4.78 is 0. The van der Waals surface area contributed by atoms with Gasteiger partial charge in [0, 0.05) is 51.5 Å². The topological polar surface area (TPSA) is 65.5 Å². The van der Waals surface area contributed by atoms with Gasteiger partial charge < -0.3 is 15.1 Å². The van der Waals surface area contributed by atoms with Gasteiger partial charge in [0.2, 0.25) is 5.91 Å². The van der Waals surface area contributed by atoms with E-state index >= 15 is 0 Å². The smallest absolute Gasteiger partial charge is 0.318 e. The van der Waals surface area contributed by atoms with E-state index in [1.54, 1.807) is 6.20 Å². The van der Waals surface area contributed by atoms with Crippen LogP contribution >= 0.6 is 0 Å². The molecule has 146 valence electrons. The van der Waals surface area contributed by atoms with Crippen molar-refractivity contribution >= 4 is 11.9 Å². The second-order valence-corrected chi connectivity index (χ2v) is 8.93. The fourth-order valence-electron chi connectivity index (χ4n) is 4.70. The highest BCUT2D eigenvalue weighted by Crippen LogP contribution is 2.59. The molecule has 0 bridgehead atoms. The number of aromatic nitrogens is 1. The van der Waals surface area contributed by atoms with Gasteiger partial charge in [0.05, 0.1) is 0 Å². The zero-order valence-electron chi connectivity index (χ0n) is 16.4. The van der Waals surface area contributed by atoms with Crippen molar-refractivity contribution < 1.29 is 9.59 Å². The molecule has 2 fully saturated rings. The number of carbonyl (C=O) groups is 2. The lowest BCUT2D eigenvalue weighted by atomic mass is 9.90. The van der Waals surface area contributed by atoms with Gasteiger partial charge in [0.15, 0.2) is 0 Å². The van der Waals surface area contributed by atoms with E-state index in [2.05, 4.69) is 24.1 Å². The molecular formula is C21H30N4O2. The van der Waals surface area contributed by atoms with Gasteiger partial charge in [-0.3, -0.25) is 9.78 Å². The fraction of sp³-hybridized carbons (Fsp3) is 0.667. The summed E-state index contributed by atoms with van der Waals surface area (Å²) in [6.45, 7) is 8.03. The van der Waals surface area contributed by atoms with Crippen molar-refractivity contribution in [3.05, 3.63) is 29.6 Å². The van der Waals surface area contributed by atoms with Crippen molar-refractivity contribution in [3.63, 3.8) is 0 Å². The first-order chi connectivity index (χ1) is 13.0. The molecule has 2 aliphatic heterocycles. The normalized spacial score (nSPS) is 22.9. The molecule has 0 unspecified atom stereocenters. The van der Waals surface area contributed by atoms with Gasteiger partial charge >= 0.3 is 6.03 Å². The first-order valence-electron chi connectivity index (χ1n) is 10.2. The minimum Gasteiger partial charge on any atom is -0.343 e. The molecule has 1 aliphatic carbocycles. The number of urea groups is 1. The quantitative estimate of drug-likeness (QED) is 0.886. The number of amides is 3. The van der Waals surface area contributed by atoms with Crippen LogP contribution in [0.3, 0.4) is 0 Å². The predicted molar refractivity (Wildman–Crippen MR) is 103 cm³/mol. The Morgan fingerprint density at radius 3 is 2.67 bits per heavy atom. The van der Waals surface area contributed by atoms with E-state index in [4.69, 9.17) is 0 Å². The fourth-order valence-corrected chi connectivity index (χ4v) is 4.70. The monoisotopic (exact) mass is 370 g/mol. The third kappa shape index (κ3) is 3.80. The van der Waals surface area contributed by atoms with Crippen molar-refractivity contribution in [2.75, 3.05) is 19.6 Å². The van der Waals surface area contributed by atoms with Crippen molar-refractivity contribution in [2.45, 2.75) is 52.6 Å². The van der Waals surface area contributed by atoms with E-state index in [1.165, 1.54) is 12.0 Å². The molecule has 3 aliphatic rings. The number of piperidine rings is 1. The van der Waals surface area contributed by atoms with E-state index < -0.39 is 0 Å². The zero-order valence-corrected chi connectivity index (χ0v) is 16.4. The Morgan fingerprint density at radius 2 is 1.96 bits per heavy atom. The van der Waals surface area contributed by atoms with Crippen molar-refractivity contribution in [3.8, 4) is 0 Å². The molecule has 1 saturated heterocycles. The summed E-state index contributed by atoms with van der Waals surface area (Å²) in [5, 5.41) is 3.14. The highest BCUT2D eigenvalue weighted by atomic mass is 16.2. The number of hydrogen-bond donors (Lipinski definition) is 1. The van der Waals surface area contributed by atoms with E-state index in [0.717, 1.165) is 38.0 Å². The number of carbonyl (C=O) groups excluding carboxylic acids is 2. The van der Waals surface area contributed by atoms with Gasteiger partial charge in [-0.2, -0.15) is 0 Å². The summed E-state index contributed by atoms with van der Waals surface area (Å²) in [7, 11) is 0. The summed E-state index contributed by atoms with van der Waals surface area (Å²) in [6.07, 6.45) is 7.64. The Morgan fingerprint density at radius 1 is 1.22 bits per heavy atom. The predicted octanol–water partition coefficient (Wildman–Crippen LogP) is 2.78. The van der Waals surface area contributed by atoms with Crippen molar-refractivity contribution in [1.82, 2.24) is 20.1 Å². The van der Waals surface area contributed by atoms with Crippen molar-refractivity contribution in [2.24, 2.45) is 17.3 Å². The molecule has 4 rings (SSSR count). The molecular weight excluding hydrogens is 340 g/mol. The number of likely N-dealkylation sites (tertiary alicyclic amines) is 1. The lowest BCUT2D eigenvalue weighted by Crippen LogP contribution is -2.41. The number of pyridine rings is 1. The summed E-state index contributed by atoms with van der Waals surface area (Å²) in [6, 6.07) is 2.02. The number of rotatable bonds is 4. The van der Waals surface area contributed by atoms with E-state index in [-0.39, 0.29) is 6.03 Å². The molecule has 1 saturated carbocycles. The van der Waals surface area contributed by atoms with Crippen LogP contribution in [-0.4, -0.2) is 46.4 Å². The van der Waals surface area contributed by atoms with E-state index in [0.29, 0.717) is 42.7 Å². The van der Waals surface area contributed by atoms with Gasteiger partial charge in [-0.25, -0.2) is 4.79 Å². The second-order valence-electron chi connectivity index (χ2n) is 8.93. The number of nitrogens with zero attached hydrogens (tertiary/aromatic N) is 3. The van der Waals surface area contributed by atoms with Crippen LogP contribution in [0, 0.1) is 17.3 Å². The molecule has 1 aromatic rings. The molecule has 6 nitrogen and oxygen atoms in total. The SMILES string of the molecule is CC(C)CC(=O)N1CCC2(CC1)C[C@@H]2CNC(=O)N1Cc2ccncc2C1.